The average Bonchev–Trinajstić information content (AvgIpc) is 2.63. The molecular formula is C19H25N3O5. The first-order valence-electron chi connectivity index (χ1n) is 8.96. The number of carbonyl (C=O) groups excluding carboxylic acids is 3. The topological polar surface area (TPSA) is 88.2 Å². The van der Waals surface area contributed by atoms with E-state index in [2.05, 4.69) is 5.32 Å². The second-order valence-electron chi connectivity index (χ2n) is 7.81. The number of carbonyl (C=O) groups is 3. The number of hydrogen-bond acceptors (Lipinski definition) is 5. The minimum atomic E-state index is -1.09. The van der Waals surface area contributed by atoms with Crippen molar-refractivity contribution in [1.29, 1.82) is 0 Å². The van der Waals surface area contributed by atoms with Gasteiger partial charge in [0.05, 0.1) is 13.1 Å². The molecule has 3 rings (SSSR count). The molecule has 1 spiro atoms. The summed E-state index contributed by atoms with van der Waals surface area (Å²) in [5, 5.41) is 2.67. The van der Waals surface area contributed by atoms with Gasteiger partial charge in [-0.1, -0.05) is 30.3 Å². The molecule has 0 saturated carbocycles. The number of nitrogens with one attached hydrogen (secondary N) is 1. The van der Waals surface area contributed by atoms with E-state index in [-0.39, 0.29) is 38.7 Å². The van der Waals surface area contributed by atoms with E-state index in [0.29, 0.717) is 0 Å². The van der Waals surface area contributed by atoms with Gasteiger partial charge in [-0.3, -0.25) is 9.69 Å². The lowest BCUT2D eigenvalue weighted by molar-refractivity contribution is -0.147. The Morgan fingerprint density at radius 3 is 2.41 bits per heavy atom. The number of ether oxygens (including phenoxy) is 2. The molecule has 1 atom stereocenters. The highest BCUT2D eigenvalue weighted by molar-refractivity contribution is 5.96. The highest BCUT2D eigenvalue weighted by Crippen LogP contribution is 2.29. The van der Waals surface area contributed by atoms with Crippen LogP contribution in [0.15, 0.2) is 30.3 Å². The van der Waals surface area contributed by atoms with E-state index in [0.717, 1.165) is 5.56 Å². The number of piperazine rings is 1. The quantitative estimate of drug-likeness (QED) is 0.796. The second-order valence-corrected chi connectivity index (χ2v) is 7.81. The Labute approximate surface area is 158 Å². The Morgan fingerprint density at radius 2 is 1.85 bits per heavy atom. The molecule has 0 aliphatic carbocycles. The van der Waals surface area contributed by atoms with Gasteiger partial charge >= 0.3 is 12.2 Å². The van der Waals surface area contributed by atoms with Gasteiger partial charge in [0, 0.05) is 13.1 Å². The highest BCUT2D eigenvalue weighted by Gasteiger charge is 2.57. The normalized spacial score (nSPS) is 22.1. The number of amides is 3. The zero-order chi connectivity index (χ0) is 19.7. The fourth-order valence-corrected chi connectivity index (χ4v) is 3.17. The van der Waals surface area contributed by atoms with Crippen LogP contribution in [0.4, 0.5) is 9.59 Å². The van der Waals surface area contributed by atoms with Gasteiger partial charge in [0.1, 0.15) is 12.2 Å². The summed E-state index contributed by atoms with van der Waals surface area (Å²) in [6.07, 6.45) is -1.04. The second kappa shape index (κ2) is 7.09. The van der Waals surface area contributed by atoms with E-state index in [1.165, 1.54) is 9.80 Å². The smallest absolute Gasteiger partial charge is 0.411 e. The maximum Gasteiger partial charge on any atom is 0.411 e. The van der Waals surface area contributed by atoms with Gasteiger partial charge in [-0.2, -0.15) is 0 Å². The van der Waals surface area contributed by atoms with Gasteiger partial charge in [0.15, 0.2) is 5.54 Å². The van der Waals surface area contributed by atoms with Crippen molar-refractivity contribution in [1.82, 2.24) is 15.1 Å². The van der Waals surface area contributed by atoms with Gasteiger partial charge < -0.3 is 19.7 Å². The molecule has 2 fully saturated rings. The lowest BCUT2D eigenvalue weighted by Gasteiger charge is -2.53. The Kier molecular flexibility index (Phi) is 4.99. The van der Waals surface area contributed by atoms with E-state index in [9.17, 15) is 14.4 Å². The lowest BCUT2D eigenvalue weighted by Crippen LogP contribution is -2.80. The minimum absolute atomic E-state index is 0.0915. The van der Waals surface area contributed by atoms with Crippen LogP contribution in [0.5, 0.6) is 0 Å². The summed E-state index contributed by atoms with van der Waals surface area (Å²) in [6.45, 7) is 6.35. The third-order valence-electron chi connectivity index (χ3n) is 4.60. The van der Waals surface area contributed by atoms with Crippen molar-refractivity contribution in [2.24, 2.45) is 0 Å². The molecule has 2 heterocycles. The van der Waals surface area contributed by atoms with Crippen LogP contribution in [0.3, 0.4) is 0 Å². The molecule has 0 radical (unpaired) electrons. The molecule has 1 unspecified atom stereocenters. The van der Waals surface area contributed by atoms with Gasteiger partial charge in [0.25, 0.3) is 0 Å². The van der Waals surface area contributed by atoms with Crippen molar-refractivity contribution in [2.75, 3.05) is 26.2 Å². The molecule has 0 aromatic heterocycles. The van der Waals surface area contributed by atoms with Crippen LogP contribution in [0.1, 0.15) is 26.3 Å². The maximum absolute atomic E-state index is 12.6. The number of rotatable bonds is 2. The summed E-state index contributed by atoms with van der Waals surface area (Å²) in [5.74, 6) is -0.285. The van der Waals surface area contributed by atoms with Gasteiger partial charge in [-0.05, 0) is 26.3 Å². The summed E-state index contributed by atoms with van der Waals surface area (Å²) in [6, 6.07) is 9.33. The molecule has 1 aromatic rings. The van der Waals surface area contributed by atoms with Crippen molar-refractivity contribution < 1.29 is 23.9 Å². The fourth-order valence-electron chi connectivity index (χ4n) is 3.17. The standard InChI is InChI=1S/C19H25N3O5/c1-18(2,3)27-16(24)21-9-10-22(19(13-21)12-20-15(19)23)17(25)26-11-14-7-5-4-6-8-14/h4-8H,9-13H2,1-3H3,(H,20,23). The minimum Gasteiger partial charge on any atom is -0.445 e. The number of hydrogen-bond donors (Lipinski definition) is 1. The fraction of sp³-hybridized carbons (Fsp3) is 0.526. The Balaban J connectivity index is 1.67. The van der Waals surface area contributed by atoms with Gasteiger partial charge in [0.2, 0.25) is 5.91 Å². The van der Waals surface area contributed by atoms with E-state index in [1.807, 2.05) is 30.3 Å². The molecule has 1 aromatic carbocycles. The van der Waals surface area contributed by atoms with E-state index < -0.39 is 23.3 Å². The lowest BCUT2D eigenvalue weighted by atomic mass is 9.86. The van der Waals surface area contributed by atoms with Crippen molar-refractivity contribution in [3.05, 3.63) is 35.9 Å². The zero-order valence-corrected chi connectivity index (χ0v) is 15.9. The molecule has 1 N–H and O–H groups in total. The van der Waals surface area contributed by atoms with Crippen LogP contribution in [-0.4, -0.2) is 65.2 Å². The van der Waals surface area contributed by atoms with Gasteiger partial charge in [-0.25, -0.2) is 9.59 Å². The summed E-state index contributed by atoms with van der Waals surface area (Å²) < 4.78 is 10.8. The van der Waals surface area contributed by atoms with E-state index in [4.69, 9.17) is 9.47 Å². The van der Waals surface area contributed by atoms with Crippen molar-refractivity contribution in [3.8, 4) is 0 Å². The summed E-state index contributed by atoms with van der Waals surface area (Å²) >= 11 is 0. The first-order chi connectivity index (χ1) is 12.7. The van der Waals surface area contributed by atoms with Crippen LogP contribution < -0.4 is 5.32 Å². The van der Waals surface area contributed by atoms with Crippen molar-refractivity contribution in [2.45, 2.75) is 38.5 Å². The molecule has 0 bridgehead atoms. The average molecular weight is 375 g/mol. The Bertz CT molecular complexity index is 731. The SMILES string of the molecule is CC(C)(C)OC(=O)N1CCN(C(=O)OCc2ccccc2)C2(CNC2=O)C1. The van der Waals surface area contributed by atoms with Crippen molar-refractivity contribution >= 4 is 18.1 Å². The van der Waals surface area contributed by atoms with Crippen LogP contribution >= 0.6 is 0 Å². The zero-order valence-electron chi connectivity index (χ0n) is 15.9. The molecule has 2 aliphatic rings. The Hall–Kier alpha value is -2.77. The highest BCUT2D eigenvalue weighted by atomic mass is 16.6. The monoisotopic (exact) mass is 375 g/mol. The van der Waals surface area contributed by atoms with E-state index >= 15 is 0 Å². The molecular weight excluding hydrogens is 350 g/mol. The largest absolute Gasteiger partial charge is 0.445 e. The van der Waals surface area contributed by atoms with Crippen LogP contribution in [0, 0.1) is 0 Å². The third-order valence-corrected chi connectivity index (χ3v) is 4.60. The number of benzene rings is 1. The molecule has 146 valence electrons. The summed E-state index contributed by atoms with van der Waals surface area (Å²) in [4.78, 5) is 40.2. The molecule has 8 heteroatoms. The van der Waals surface area contributed by atoms with E-state index in [1.54, 1.807) is 20.8 Å². The molecule has 2 saturated heterocycles. The number of nitrogens with zero attached hydrogens (tertiary/aromatic N) is 2. The van der Waals surface area contributed by atoms with Gasteiger partial charge in [-0.15, -0.1) is 0 Å². The third kappa shape index (κ3) is 3.99. The molecule has 8 nitrogen and oxygen atoms in total. The molecule has 27 heavy (non-hydrogen) atoms. The van der Waals surface area contributed by atoms with Crippen molar-refractivity contribution in [3.63, 3.8) is 0 Å². The molecule has 3 amide bonds. The maximum atomic E-state index is 12.6. The number of β-lactam (4-membered cyclic amide) rings is 1. The van der Waals surface area contributed by atoms with Crippen LogP contribution in [0.25, 0.3) is 0 Å². The predicted octanol–water partition coefficient (Wildman–Crippen LogP) is 1.74. The summed E-state index contributed by atoms with van der Waals surface area (Å²) in [5.41, 5.74) is -0.855. The molecule has 2 aliphatic heterocycles. The van der Waals surface area contributed by atoms with Crippen LogP contribution in [-0.2, 0) is 20.9 Å². The first kappa shape index (κ1) is 19.0. The Morgan fingerprint density at radius 1 is 1.15 bits per heavy atom. The van der Waals surface area contributed by atoms with Crippen LogP contribution in [0.2, 0.25) is 0 Å². The summed E-state index contributed by atoms with van der Waals surface area (Å²) in [7, 11) is 0. The predicted molar refractivity (Wildman–Crippen MR) is 96.9 cm³/mol. The first-order valence-corrected chi connectivity index (χ1v) is 8.96.